The maximum absolute atomic E-state index is 13.6. The first kappa shape index (κ1) is 16.6. The maximum Gasteiger partial charge on any atom is 0.163 e. The number of aryl methyl sites for hydroxylation is 1. The Labute approximate surface area is 139 Å². The van der Waals surface area contributed by atoms with Crippen molar-refractivity contribution in [2.75, 3.05) is 31.2 Å². The highest BCUT2D eigenvalue weighted by Crippen LogP contribution is 2.18. The molecule has 0 N–H and O–H groups in total. The fourth-order valence-electron chi connectivity index (χ4n) is 2.80. The van der Waals surface area contributed by atoms with Gasteiger partial charge in [-0.15, -0.1) is 0 Å². The third-order valence-electron chi connectivity index (χ3n) is 4.20. The van der Waals surface area contributed by atoms with Crippen LogP contribution in [0, 0.1) is 11.6 Å². The molecule has 1 fully saturated rings. The second-order valence-corrected chi connectivity index (χ2v) is 5.81. The van der Waals surface area contributed by atoms with Crippen molar-refractivity contribution in [3.63, 3.8) is 0 Å². The van der Waals surface area contributed by atoms with Crippen LogP contribution in [-0.4, -0.2) is 32.1 Å². The molecule has 24 heavy (non-hydrogen) atoms. The minimum atomic E-state index is -0.610. The van der Waals surface area contributed by atoms with E-state index < -0.39 is 11.6 Å². The number of anilines is 1. The number of morpholine rings is 1. The van der Waals surface area contributed by atoms with Gasteiger partial charge in [-0.05, 0) is 42.3 Å². The Morgan fingerprint density at radius 3 is 2.42 bits per heavy atom. The molecule has 0 atom stereocenters. The van der Waals surface area contributed by atoms with Crippen LogP contribution in [0.5, 0.6) is 0 Å². The number of Topliss-reactive ketones (excluding diaryl/α,β-unsaturated/α-hetero) is 1. The molecule has 0 radical (unpaired) electrons. The topological polar surface area (TPSA) is 29.5 Å². The number of benzene rings is 2. The molecule has 126 valence electrons. The number of halogens is 2. The molecule has 5 heteroatoms. The molecule has 0 aromatic heterocycles. The van der Waals surface area contributed by atoms with Crippen LogP contribution in [0.3, 0.4) is 0 Å². The molecule has 3 nitrogen and oxygen atoms in total. The minimum absolute atomic E-state index is 0.0488. The van der Waals surface area contributed by atoms with Gasteiger partial charge in [0.2, 0.25) is 0 Å². The standard InChI is InChI=1S/C19H19F2NO2/c20-16-5-1-14(18(21)13-16)4-8-19(23)15-2-6-17(7-3-15)22-9-11-24-12-10-22/h1-3,5-7,13H,4,8-12H2. The molecule has 0 amide bonds. The van der Waals surface area contributed by atoms with Crippen LogP contribution in [0.2, 0.25) is 0 Å². The molecule has 0 bridgehead atoms. The first-order chi connectivity index (χ1) is 11.6. The normalized spacial score (nSPS) is 14.7. The summed E-state index contributed by atoms with van der Waals surface area (Å²) in [6, 6.07) is 10.9. The molecule has 1 saturated heterocycles. The zero-order valence-corrected chi connectivity index (χ0v) is 13.3. The zero-order chi connectivity index (χ0) is 16.9. The van der Waals surface area contributed by atoms with Gasteiger partial charge in [0.25, 0.3) is 0 Å². The Balaban J connectivity index is 1.60. The Morgan fingerprint density at radius 2 is 1.75 bits per heavy atom. The Morgan fingerprint density at radius 1 is 1.04 bits per heavy atom. The number of hydrogen-bond donors (Lipinski definition) is 0. The van der Waals surface area contributed by atoms with Crippen molar-refractivity contribution in [2.45, 2.75) is 12.8 Å². The van der Waals surface area contributed by atoms with Crippen LogP contribution in [-0.2, 0) is 11.2 Å². The van der Waals surface area contributed by atoms with E-state index in [4.69, 9.17) is 4.74 Å². The van der Waals surface area contributed by atoms with E-state index in [-0.39, 0.29) is 18.6 Å². The lowest BCUT2D eigenvalue weighted by Crippen LogP contribution is -2.36. The third kappa shape index (κ3) is 3.97. The number of ether oxygens (including phenoxy) is 1. The van der Waals surface area contributed by atoms with Crippen molar-refractivity contribution in [2.24, 2.45) is 0 Å². The predicted octanol–water partition coefficient (Wildman–Crippen LogP) is 3.62. The molecule has 0 saturated carbocycles. The van der Waals surface area contributed by atoms with Gasteiger partial charge >= 0.3 is 0 Å². The van der Waals surface area contributed by atoms with Gasteiger partial charge in [-0.3, -0.25) is 4.79 Å². The summed E-state index contributed by atoms with van der Waals surface area (Å²) in [7, 11) is 0. The molecule has 1 aliphatic heterocycles. The Kier molecular flexibility index (Phi) is 5.20. The van der Waals surface area contributed by atoms with Crippen LogP contribution < -0.4 is 4.90 Å². The second-order valence-electron chi connectivity index (χ2n) is 5.81. The van der Waals surface area contributed by atoms with E-state index in [1.54, 1.807) is 12.1 Å². The minimum Gasteiger partial charge on any atom is -0.378 e. The molecule has 1 heterocycles. The summed E-state index contributed by atoms with van der Waals surface area (Å²) in [5.74, 6) is -1.26. The van der Waals surface area contributed by atoms with E-state index in [1.807, 2.05) is 12.1 Å². The highest BCUT2D eigenvalue weighted by molar-refractivity contribution is 5.96. The quantitative estimate of drug-likeness (QED) is 0.784. The van der Waals surface area contributed by atoms with Gasteiger partial charge in [0.05, 0.1) is 13.2 Å². The monoisotopic (exact) mass is 331 g/mol. The first-order valence-corrected chi connectivity index (χ1v) is 8.03. The molecule has 0 aliphatic carbocycles. The summed E-state index contributed by atoms with van der Waals surface area (Å²) < 4.78 is 31.8. The van der Waals surface area contributed by atoms with Crippen LogP contribution in [0.25, 0.3) is 0 Å². The largest absolute Gasteiger partial charge is 0.378 e. The van der Waals surface area contributed by atoms with Crippen LogP contribution in [0.4, 0.5) is 14.5 Å². The maximum atomic E-state index is 13.6. The Hall–Kier alpha value is -2.27. The molecule has 1 aliphatic rings. The number of rotatable bonds is 5. The van der Waals surface area contributed by atoms with E-state index in [0.29, 0.717) is 24.3 Å². The van der Waals surface area contributed by atoms with E-state index in [1.165, 1.54) is 12.1 Å². The van der Waals surface area contributed by atoms with Gasteiger partial charge in [-0.1, -0.05) is 6.07 Å². The summed E-state index contributed by atoms with van der Waals surface area (Å²) in [6.07, 6.45) is 0.454. The van der Waals surface area contributed by atoms with Gasteiger partial charge in [0.1, 0.15) is 11.6 Å². The summed E-state index contributed by atoms with van der Waals surface area (Å²) >= 11 is 0. The van der Waals surface area contributed by atoms with Gasteiger partial charge in [-0.2, -0.15) is 0 Å². The van der Waals surface area contributed by atoms with Crippen LogP contribution in [0.1, 0.15) is 22.3 Å². The van der Waals surface area contributed by atoms with Crippen molar-refractivity contribution >= 4 is 11.5 Å². The number of carbonyl (C=O) groups excluding carboxylic acids is 1. The predicted molar refractivity (Wildman–Crippen MR) is 88.5 cm³/mol. The highest BCUT2D eigenvalue weighted by Gasteiger charge is 2.13. The molecular formula is C19H19F2NO2. The lowest BCUT2D eigenvalue weighted by molar-refractivity contribution is 0.0982. The number of nitrogens with zero attached hydrogens (tertiary/aromatic N) is 1. The van der Waals surface area contributed by atoms with E-state index in [0.717, 1.165) is 24.8 Å². The second kappa shape index (κ2) is 7.53. The average Bonchev–Trinajstić information content (AvgIpc) is 2.62. The number of ketones is 1. The van der Waals surface area contributed by atoms with Crippen molar-refractivity contribution in [3.05, 3.63) is 65.2 Å². The van der Waals surface area contributed by atoms with Crippen molar-refractivity contribution in [3.8, 4) is 0 Å². The molecule has 2 aromatic carbocycles. The number of carbonyl (C=O) groups is 1. The molecule has 0 unspecified atom stereocenters. The first-order valence-electron chi connectivity index (χ1n) is 8.03. The summed E-state index contributed by atoms with van der Waals surface area (Å²) in [6.45, 7) is 3.11. The fourth-order valence-corrected chi connectivity index (χ4v) is 2.80. The van der Waals surface area contributed by atoms with Crippen molar-refractivity contribution < 1.29 is 18.3 Å². The average molecular weight is 331 g/mol. The summed E-state index contributed by atoms with van der Waals surface area (Å²) in [5.41, 5.74) is 2.03. The van der Waals surface area contributed by atoms with Gasteiger partial charge in [-0.25, -0.2) is 8.78 Å². The molecular weight excluding hydrogens is 312 g/mol. The van der Waals surface area contributed by atoms with Crippen LogP contribution in [0.15, 0.2) is 42.5 Å². The molecule has 3 rings (SSSR count). The van der Waals surface area contributed by atoms with E-state index in [2.05, 4.69) is 4.90 Å². The van der Waals surface area contributed by atoms with E-state index >= 15 is 0 Å². The SMILES string of the molecule is O=C(CCc1ccc(F)cc1F)c1ccc(N2CCOCC2)cc1. The van der Waals surface area contributed by atoms with Crippen molar-refractivity contribution in [1.29, 1.82) is 0 Å². The van der Waals surface area contributed by atoms with Crippen LogP contribution >= 0.6 is 0 Å². The lowest BCUT2D eigenvalue weighted by atomic mass is 10.0. The molecule has 0 spiro atoms. The van der Waals surface area contributed by atoms with Gasteiger partial charge in [0.15, 0.2) is 5.78 Å². The Bertz CT molecular complexity index is 710. The molecule has 2 aromatic rings. The smallest absolute Gasteiger partial charge is 0.163 e. The lowest BCUT2D eigenvalue weighted by Gasteiger charge is -2.28. The summed E-state index contributed by atoms with van der Waals surface area (Å²) in [4.78, 5) is 14.5. The number of hydrogen-bond acceptors (Lipinski definition) is 3. The van der Waals surface area contributed by atoms with Gasteiger partial charge in [0, 0.05) is 36.8 Å². The zero-order valence-electron chi connectivity index (χ0n) is 13.3. The van der Waals surface area contributed by atoms with Gasteiger partial charge < -0.3 is 9.64 Å². The third-order valence-corrected chi connectivity index (χ3v) is 4.20. The van der Waals surface area contributed by atoms with E-state index in [9.17, 15) is 13.6 Å². The fraction of sp³-hybridized carbons (Fsp3) is 0.316. The summed E-state index contributed by atoms with van der Waals surface area (Å²) in [5, 5.41) is 0. The highest BCUT2D eigenvalue weighted by atomic mass is 19.1. The van der Waals surface area contributed by atoms with Crippen molar-refractivity contribution in [1.82, 2.24) is 0 Å².